The maximum absolute atomic E-state index is 10.6. The summed E-state index contributed by atoms with van der Waals surface area (Å²) in [5.74, 6) is -0.796. The SMILES string of the molecule is C=C(Br)CNCC(C)(C)C(=O)O. The summed E-state index contributed by atoms with van der Waals surface area (Å²) in [5.41, 5.74) is -0.720. The summed E-state index contributed by atoms with van der Waals surface area (Å²) in [5, 5.41) is 11.7. The van der Waals surface area contributed by atoms with Gasteiger partial charge < -0.3 is 10.4 Å². The Morgan fingerprint density at radius 1 is 1.67 bits per heavy atom. The minimum Gasteiger partial charge on any atom is -0.481 e. The van der Waals surface area contributed by atoms with E-state index in [0.29, 0.717) is 13.1 Å². The smallest absolute Gasteiger partial charge is 0.310 e. The topological polar surface area (TPSA) is 49.3 Å². The molecule has 0 aromatic heterocycles. The number of rotatable bonds is 5. The van der Waals surface area contributed by atoms with Crippen LogP contribution in [0.1, 0.15) is 13.8 Å². The fourth-order valence-electron chi connectivity index (χ4n) is 0.586. The van der Waals surface area contributed by atoms with E-state index in [1.165, 1.54) is 0 Å². The van der Waals surface area contributed by atoms with Crippen LogP contribution in [0.15, 0.2) is 11.1 Å². The van der Waals surface area contributed by atoms with Gasteiger partial charge in [-0.15, -0.1) is 0 Å². The third-order valence-electron chi connectivity index (χ3n) is 1.46. The van der Waals surface area contributed by atoms with Crippen LogP contribution in [0.5, 0.6) is 0 Å². The summed E-state index contributed by atoms with van der Waals surface area (Å²) < 4.78 is 0.823. The van der Waals surface area contributed by atoms with Gasteiger partial charge in [0.1, 0.15) is 0 Å². The Morgan fingerprint density at radius 2 is 2.17 bits per heavy atom. The summed E-state index contributed by atoms with van der Waals surface area (Å²) in [7, 11) is 0. The molecule has 0 fully saturated rings. The molecule has 0 saturated heterocycles. The molecule has 12 heavy (non-hydrogen) atoms. The molecule has 0 bridgehead atoms. The van der Waals surface area contributed by atoms with Crippen molar-refractivity contribution in [1.82, 2.24) is 5.32 Å². The number of carboxylic acid groups (broad SMARTS) is 1. The second-order valence-corrected chi connectivity index (χ2v) is 4.43. The molecule has 0 saturated carbocycles. The molecular formula is C8H14BrNO2. The summed E-state index contributed by atoms with van der Waals surface area (Å²) in [6.45, 7) is 8.02. The van der Waals surface area contributed by atoms with Crippen molar-refractivity contribution in [3.63, 3.8) is 0 Å². The standard InChI is InChI=1S/C8H14BrNO2/c1-6(9)4-10-5-8(2,3)7(11)12/h10H,1,4-5H2,2-3H3,(H,11,12). The van der Waals surface area contributed by atoms with Gasteiger partial charge in [-0.25, -0.2) is 0 Å². The van der Waals surface area contributed by atoms with Crippen LogP contribution in [0, 0.1) is 5.41 Å². The zero-order valence-electron chi connectivity index (χ0n) is 7.35. The van der Waals surface area contributed by atoms with Gasteiger partial charge in [0.05, 0.1) is 5.41 Å². The highest BCUT2D eigenvalue weighted by Crippen LogP contribution is 2.13. The van der Waals surface area contributed by atoms with Crippen LogP contribution in [-0.2, 0) is 4.79 Å². The summed E-state index contributed by atoms with van der Waals surface area (Å²) >= 11 is 3.17. The predicted octanol–water partition coefficient (Wildman–Crippen LogP) is 1.60. The number of hydrogen-bond acceptors (Lipinski definition) is 2. The summed E-state index contributed by atoms with van der Waals surface area (Å²) in [6.07, 6.45) is 0. The first kappa shape index (κ1) is 11.6. The summed E-state index contributed by atoms with van der Waals surface area (Å²) in [6, 6.07) is 0. The Bertz CT molecular complexity index is 189. The molecule has 0 radical (unpaired) electrons. The van der Waals surface area contributed by atoms with Crippen molar-refractivity contribution in [2.75, 3.05) is 13.1 Å². The minimum absolute atomic E-state index is 0.437. The van der Waals surface area contributed by atoms with Crippen molar-refractivity contribution >= 4 is 21.9 Å². The van der Waals surface area contributed by atoms with Crippen LogP contribution >= 0.6 is 15.9 Å². The van der Waals surface area contributed by atoms with Crippen LogP contribution in [0.4, 0.5) is 0 Å². The van der Waals surface area contributed by atoms with Crippen molar-refractivity contribution in [1.29, 1.82) is 0 Å². The number of hydrogen-bond donors (Lipinski definition) is 2. The lowest BCUT2D eigenvalue weighted by Gasteiger charge is -2.19. The first-order chi connectivity index (χ1) is 5.36. The van der Waals surface area contributed by atoms with E-state index in [1.807, 2.05) is 0 Å². The number of nitrogens with one attached hydrogen (secondary N) is 1. The quantitative estimate of drug-likeness (QED) is 0.762. The Kier molecular flexibility index (Phi) is 4.49. The van der Waals surface area contributed by atoms with E-state index in [1.54, 1.807) is 13.8 Å². The van der Waals surface area contributed by atoms with Gasteiger partial charge in [0, 0.05) is 17.6 Å². The van der Waals surface area contributed by atoms with Crippen molar-refractivity contribution in [3.05, 3.63) is 11.1 Å². The summed E-state index contributed by atoms with van der Waals surface area (Å²) in [4.78, 5) is 10.6. The molecule has 0 heterocycles. The van der Waals surface area contributed by atoms with Crippen LogP contribution in [0.3, 0.4) is 0 Å². The van der Waals surface area contributed by atoms with Crippen LogP contribution in [0.2, 0.25) is 0 Å². The average Bonchev–Trinajstić information content (AvgIpc) is 1.85. The van der Waals surface area contributed by atoms with E-state index in [-0.39, 0.29) is 0 Å². The van der Waals surface area contributed by atoms with E-state index >= 15 is 0 Å². The van der Waals surface area contributed by atoms with Gasteiger partial charge in [-0.05, 0) is 13.8 Å². The van der Waals surface area contributed by atoms with Crippen molar-refractivity contribution in [2.24, 2.45) is 5.41 Å². The Hall–Kier alpha value is -0.350. The number of carboxylic acids is 1. The van der Waals surface area contributed by atoms with E-state index in [0.717, 1.165) is 4.48 Å². The predicted molar refractivity (Wildman–Crippen MR) is 52.4 cm³/mol. The molecule has 0 aliphatic carbocycles. The number of carbonyl (C=O) groups is 1. The van der Waals surface area contributed by atoms with Gasteiger partial charge in [-0.2, -0.15) is 0 Å². The maximum Gasteiger partial charge on any atom is 0.310 e. The normalized spacial score (nSPS) is 11.2. The van der Waals surface area contributed by atoms with Gasteiger partial charge in [0.2, 0.25) is 0 Å². The Labute approximate surface area is 81.0 Å². The van der Waals surface area contributed by atoms with Gasteiger partial charge in [0.25, 0.3) is 0 Å². The second kappa shape index (κ2) is 4.62. The van der Waals surface area contributed by atoms with E-state index in [4.69, 9.17) is 5.11 Å². The highest BCUT2D eigenvalue weighted by Gasteiger charge is 2.26. The van der Waals surface area contributed by atoms with Crippen LogP contribution in [-0.4, -0.2) is 24.2 Å². The number of aliphatic carboxylic acids is 1. The maximum atomic E-state index is 10.6. The van der Waals surface area contributed by atoms with Gasteiger partial charge in [-0.1, -0.05) is 22.5 Å². The lowest BCUT2D eigenvalue weighted by atomic mass is 9.94. The molecule has 0 rings (SSSR count). The molecule has 0 atom stereocenters. The largest absolute Gasteiger partial charge is 0.481 e. The fourth-order valence-corrected chi connectivity index (χ4v) is 0.784. The van der Waals surface area contributed by atoms with Crippen molar-refractivity contribution < 1.29 is 9.90 Å². The molecular weight excluding hydrogens is 222 g/mol. The molecule has 0 spiro atoms. The second-order valence-electron chi connectivity index (χ2n) is 3.31. The minimum atomic E-state index is -0.796. The zero-order valence-corrected chi connectivity index (χ0v) is 8.94. The molecule has 0 aliphatic heterocycles. The highest BCUT2D eigenvalue weighted by atomic mass is 79.9. The molecule has 0 unspecified atom stereocenters. The van der Waals surface area contributed by atoms with Gasteiger partial charge in [-0.3, -0.25) is 4.79 Å². The third-order valence-corrected chi connectivity index (χ3v) is 1.74. The van der Waals surface area contributed by atoms with Gasteiger partial charge >= 0.3 is 5.97 Å². The van der Waals surface area contributed by atoms with E-state index in [2.05, 4.69) is 27.8 Å². The molecule has 3 nitrogen and oxygen atoms in total. The van der Waals surface area contributed by atoms with E-state index in [9.17, 15) is 4.79 Å². The van der Waals surface area contributed by atoms with Crippen LogP contribution in [0.25, 0.3) is 0 Å². The van der Waals surface area contributed by atoms with Crippen molar-refractivity contribution in [2.45, 2.75) is 13.8 Å². The molecule has 0 amide bonds. The Balaban J connectivity index is 3.76. The molecule has 0 aromatic carbocycles. The number of halogens is 1. The van der Waals surface area contributed by atoms with Crippen molar-refractivity contribution in [3.8, 4) is 0 Å². The highest BCUT2D eigenvalue weighted by molar-refractivity contribution is 9.11. The fraction of sp³-hybridized carbons (Fsp3) is 0.625. The van der Waals surface area contributed by atoms with Crippen LogP contribution < -0.4 is 5.32 Å². The lowest BCUT2D eigenvalue weighted by molar-refractivity contribution is -0.146. The lowest BCUT2D eigenvalue weighted by Crippen LogP contribution is -2.36. The van der Waals surface area contributed by atoms with Gasteiger partial charge in [0.15, 0.2) is 0 Å². The first-order valence-electron chi connectivity index (χ1n) is 3.63. The first-order valence-corrected chi connectivity index (χ1v) is 4.43. The molecule has 2 N–H and O–H groups in total. The Morgan fingerprint density at radius 3 is 2.50 bits per heavy atom. The molecule has 70 valence electrons. The molecule has 4 heteroatoms. The molecule has 0 aromatic rings. The average molecular weight is 236 g/mol. The monoisotopic (exact) mass is 235 g/mol. The van der Waals surface area contributed by atoms with E-state index < -0.39 is 11.4 Å². The zero-order chi connectivity index (χ0) is 9.78. The third kappa shape index (κ3) is 4.51. The molecule has 0 aliphatic rings.